The monoisotopic (exact) mass is 419 g/mol. The zero-order chi connectivity index (χ0) is 22.5. The molecule has 2 N–H and O–H groups in total. The Balaban J connectivity index is 1.86. The zero-order valence-corrected chi connectivity index (χ0v) is 17.0. The number of aliphatic carboxylic acids is 1. The first-order valence-electron chi connectivity index (χ1n) is 9.48. The minimum absolute atomic E-state index is 0.00516. The highest BCUT2D eigenvalue weighted by Gasteiger charge is 2.14. The van der Waals surface area contributed by atoms with Crippen molar-refractivity contribution in [2.45, 2.75) is 20.3 Å². The molecule has 3 rings (SSSR count). The van der Waals surface area contributed by atoms with Gasteiger partial charge in [-0.05, 0) is 60.4 Å². The van der Waals surface area contributed by atoms with E-state index in [0.717, 1.165) is 17.2 Å². The van der Waals surface area contributed by atoms with Gasteiger partial charge in [-0.2, -0.15) is 0 Å². The summed E-state index contributed by atoms with van der Waals surface area (Å²) < 4.78 is 5.99. The molecule has 0 amide bonds. The lowest BCUT2D eigenvalue weighted by Crippen LogP contribution is -1.96. The fraction of sp³-hybridized carbons (Fsp3) is 0.125. The summed E-state index contributed by atoms with van der Waals surface area (Å²) in [5.41, 5.74) is 3.55. The van der Waals surface area contributed by atoms with Gasteiger partial charge in [0.2, 0.25) is 0 Å². The lowest BCUT2D eigenvalue weighted by molar-refractivity contribution is -0.385. The van der Waals surface area contributed by atoms with E-state index in [1.165, 1.54) is 24.3 Å². The number of nitrogens with zero attached hydrogens (tertiary/aromatic N) is 1. The van der Waals surface area contributed by atoms with Crippen LogP contribution in [0.25, 0.3) is 6.08 Å². The molecule has 0 saturated carbocycles. The highest BCUT2D eigenvalue weighted by molar-refractivity contribution is 5.85. The normalized spacial score (nSPS) is 10.9. The van der Waals surface area contributed by atoms with E-state index in [4.69, 9.17) is 9.84 Å². The lowest BCUT2D eigenvalue weighted by atomic mass is 10.0. The van der Waals surface area contributed by atoms with E-state index < -0.39 is 10.9 Å². The number of carbonyl (C=O) groups is 1. The van der Waals surface area contributed by atoms with Crippen molar-refractivity contribution < 1.29 is 24.7 Å². The summed E-state index contributed by atoms with van der Waals surface area (Å²) in [4.78, 5) is 21.3. The molecule has 3 aromatic carbocycles. The predicted octanol–water partition coefficient (Wildman–Crippen LogP) is 5.40. The molecule has 3 aromatic rings. The van der Waals surface area contributed by atoms with Crippen molar-refractivity contribution in [2.24, 2.45) is 0 Å². The topological polar surface area (TPSA) is 110 Å². The van der Waals surface area contributed by atoms with E-state index in [0.29, 0.717) is 34.6 Å². The molecule has 158 valence electrons. The van der Waals surface area contributed by atoms with Gasteiger partial charge in [-0.1, -0.05) is 24.3 Å². The van der Waals surface area contributed by atoms with Crippen molar-refractivity contribution in [3.8, 4) is 17.2 Å². The number of non-ortho nitro benzene ring substituents is 1. The average Bonchev–Trinajstić information content (AvgIpc) is 2.71. The molecule has 0 bridgehead atoms. The molecule has 0 aromatic heterocycles. The Bertz CT molecular complexity index is 1160. The Morgan fingerprint density at radius 2 is 1.81 bits per heavy atom. The van der Waals surface area contributed by atoms with E-state index in [9.17, 15) is 20.0 Å². The molecule has 0 heterocycles. The molecular formula is C24H21NO6. The Morgan fingerprint density at radius 1 is 1.10 bits per heavy atom. The fourth-order valence-corrected chi connectivity index (χ4v) is 3.27. The molecule has 0 aliphatic heterocycles. The van der Waals surface area contributed by atoms with Crippen molar-refractivity contribution >= 4 is 17.7 Å². The van der Waals surface area contributed by atoms with Gasteiger partial charge in [-0.3, -0.25) is 10.1 Å². The average molecular weight is 419 g/mol. The second-order valence-corrected chi connectivity index (χ2v) is 7.15. The maximum Gasteiger partial charge on any atom is 0.328 e. The molecule has 0 aliphatic carbocycles. The number of benzene rings is 3. The van der Waals surface area contributed by atoms with E-state index in [-0.39, 0.29) is 11.4 Å². The van der Waals surface area contributed by atoms with Crippen LogP contribution in [0.15, 0.2) is 60.7 Å². The smallest absolute Gasteiger partial charge is 0.328 e. The third-order valence-corrected chi connectivity index (χ3v) is 4.69. The summed E-state index contributed by atoms with van der Waals surface area (Å²) >= 11 is 0. The SMILES string of the molecule is Cc1cc([N+](=O)[O-])cc(C)c1Oc1ccc(O)c(Cc2cccc(C=CC(=O)O)c2)c1. The van der Waals surface area contributed by atoms with E-state index >= 15 is 0 Å². The molecule has 7 heteroatoms. The summed E-state index contributed by atoms with van der Waals surface area (Å²) in [5.74, 6) is 0.110. The van der Waals surface area contributed by atoms with Crippen molar-refractivity contribution in [1.29, 1.82) is 0 Å². The van der Waals surface area contributed by atoms with Gasteiger partial charge in [0.1, 0.15) is 17.2 Å². The summed E-state index contributed by atoms with van der Waals surface area (Å²) in [5, 5.41) is 30.1. The Hall–Kier alpha value is -4.13. The van der Waals surface area contributed by atoms with Crippen molar-refractivity contribution in [3.63, 3.8) is 0 Å². The quantitative estimate of drug-likeness (QED) is 0.301. The number of carboxylic acid groups (broad SMARTS) is 1. The molecule has 31 heavy (non-hydrogen) atoms. The standard InChI is InChI=1S/C24H21NO6/c1-15-10-20(25(29)30)11-16(2)24(15)31-21-7-8-22(26)19(14-21)13-18-5-3-4-17(12-18)6-9-23(27)28/h3-12,14,26H,13H2,1-2H3,(H,27,28). The molecule has 0 unspecified atom stereocenters. The Labute approximate surface area is 179 Å². The summed E-state index contributed by atoms with van der Waals surface area (Å²) in [7, 11) is 0. The number of rotatable bonds is 7. The number of hydrogen-bond acceptors (Lipinski definition) is 5. The molecule has 0 fully saturated rings. The van der Waals surface area contributed by atoms with E-state index in [1.54, 1.807) is 32.0 Å². The molecule has 0 spiro atoms. The van der Waals surface area contributed by atoms with E-state index in [1.807, 2.05) is 18.2 Å². The van der Waals surface area contributed by atoms with Crippen molar-refractivity contribution in [1.82, 2.24) is 0 Å². The van der Waals surface area contributed by atoms with Gasteiger partial charge in [-0.15, -0.1) is 0 Å². The van der Waals surface area contributed by atoms with Gasteiger partial charge in [0.25, 0.3) is 5.69 Å². The second kappa shape index (κ2) is 9.13. The van der Waals surface area contributed by atoms with Crippen LogP contribution < -0.4 is 4.74 Å². The van der Waals surface area contributed by atoms with Gasteiger partial charge in [0, 0.05) is 30.2 Å². The number of carboxylic acids is 1. The number of aromatic hydroxyl groups is 1. The number of nitro groups is 1. The first kappa shape index (κ1) is 21.6. The van der Waals surface area contributed by atoms with Crippen LogP contribution in [-0.4, -0.2) is 21.1 Å². The van der Waals surface area contributed by atoms with Gasteiger partial charge in [0.15, 0.2) is 0 Å². The van der Waals surface area contributed by atoms with Crippen LogP contribution in [0, 0.1) is 24.0 Å². The molecule has 0 radical (unpaired) electrons. The molecular weight excluding hydrogens is 398 g/mol. The number of hydrogen-bond donors (Lipinski definition) is 2. The third-order valence-electron chi connectivity index (χ3n) is 4.69. The van der Waals surface area contributed by atoms with Crippen LogP contribution in [0.1, 0.15) is 27.8 Å². The first-order chi connectivity index (χ1) is 14.7. The van der Waals surface area contributed by atoms with Crippen LogP contribution in [0.4, 0.5) is 5.69 Å². The van der Waals surface area contributed by atoms with Crippen LogP contribution in [0.3, 0.4) is 0 Å². The Morgan fingerprint density at radius 3 is 2.45 bits per heavy atom. The maximum atomic E-state index is 11.0. The maximum absolute atomic E-state index is 11.0. The molecule has 0 atom stereocenters. The first-order valence-corrected chi connectivity index (χ1v) is 9.48. The highest BCUT2D eigenvalue weighted by Crippen LogP contribution is 2.34. The second-order valence-electron chi connectivity index (χ2n) is 7.15. The molecule has 0 aliphatic rings. The summed E-state index contributed by atoms with van der Waals surface area (Å²) in [6, 6.07) is 15.1. The van der Waals surface area contributed by atoms with Crippen LogP contribution >= 0.6 is 0 Å². The minimum atomic E-state index is -1.02. The van der Waals surface area contributed by atoms with Gasteiger partial charge in [0.05, 0.1) is 4.92 Å². The number of phenolic OH excluding ortho intramolecular Hbond substituents is 1. The molecule has 7 nitrogen and oxygen atoms in total. The van der Waals surface area contributed by atoms with Crippen LogP contribution in [0.2, 0.25) is 0 Å². The predicted molar refractivity (Wildman–Crippen MR) is 117 cm³/mol. The van der Waals surface area contributed by atoms with Crippen molar-refractivity contribution in [2.75, 3.05) is 0 Å². The van der Waals surface area contributed by atoms with E-state index in [2.05, 4.69) is 0 Å². The zero-order valence-electron chi connectivity index (χ0n) is 17.0. The third kappa shape index (κ3) is 5.48. The minimum Gasteiger partial charge on any atom is -0.508 e. The van der Waals surface area contributed by atoms with Crippen LogP contribution in [-0.2, 0) is 11.2 Å². The van der Waals surface area contributed by atoms with Gasteiger partial charge < -0.3 is 14.9 Å². The number of phenols is 1. The van der Waals surface area contributed by atoms with Crippen LogP contribution in [0.5, 0.6) is 17.2 Å². The lowest BCUT2D eigenvalue weighted by Gasteiger charge is -2.13. The number of nitro benzene ring substituents is 1. The molecule has 0 saturated heterocycles. The summed E-state index contributed by atoms with van der Waals surface area (Å²) in [6.07, 6.45) is 2.99. The van der Waals surface area contributed by atoms with Gasteiger partial charge >= 0.3 is 5.97 Å². The van der Waals surface area contributed by atoms with Crippen molar-refractivity contribution in [3.05, 3.63) is 98.6 Å². The largest absolute Gasteiger partial charge is 0.508 e. The van der Waals surface area contributed by atoms with Gasteiger partial charge in [-0.25, -0.2) is 4.79 Å². The Kier molecular flexibility index (Phi) is 6.35. The highest BCUT2D eigenvalue weighted by atomic mass is 16.6. The number of ether oxygens (including phenoxy) is 1. The fourth-order valence-electron chi connectivity index (χ4n) is 3.27. The summed E-state index contributed by atoms with van der Waals surface area (Å²) in [6.45, 7) is 3.49. The number of aryl methyl sites for hydroxylation is 2.